The monoisotopic (exact) mass is 327 g/mol. The molecule has 23 heavy (non-hydrogen) atoms. The second kappa shape index (κ2) is 7.89. The van der Waals surface area contributed by atoms with Gasteiger partial charge >= 0.3 is 11.9 Å². The fourth-order valence-corrected chi connectivity index (χ4v) is 2.47. The van der Waals surface area contributed by atoms with Gasteiger partial charge in [0.15, 0.2) is 0 Å². The Bertz CT molecular complexity index is 518. The minimum atomic E-state index is -2.02. The molecule has 0 bridgehead atoms. The molecular formula is C15H21NO7. The van der Waals surface area contributed by atoms with Gasteiger partial charge in [-0.05, 0) is 13.8 Å². The Balaban J connectivity index is 3.20. The summed E-state index contributed by atoms with van der Waals surface area (Å²) in [5, 5.41) is 2.34. The van der Waals surface area contributed by atoms with Crippen LogP contribution in [0.15, 0.2) is 5.57 Å². The molecule has 0 heterocycles. The number of ether oxygens (including phenoxy) is 3. The zero-order chi connectivity index (χ0) is 17.6. The van der Waals surface area contributed by atoms with Crippen LogP contribution in [0.5, 0.6) is 0 Å². The molecule has 0 aromatic rings. The Labute approximate surface area is 134 Å². The Kier molecular flexibility index (Phi) is 6.48. The van der Waals surface area contributed by atoms with Gasteiger partial charge in [-0.2, -0.15) is 0 Å². The molecule has 0 spiro atoms. The predicted octanol–water partition coefficient (Wildman–Crippen LogP) is -0.220. The maximum absolute atomic E-state index is 12.4. The number of carbonyl (C=O) groups excluding carboxylic acids is 4. The van der Waals surface area contributed by atoms with E-state index in [1.807, 2.05) is 0 Å². The highest BCUT2D eigenvalue weighted by Crippen LogP contribution is 2.44. The second-order valence-electron chi connectivity index (χ2n) is 5.05. The summed E-state index contributed by atoms with van der Waals surface area (Å²) in [6.07, 6.45) is -0.725. The summed E-state index contributed by atoms with van der Waals surface area (Å²) in [5.74, 6) is -1.24. The summed E-state index contributed by atoms with van der Waals surface area (Å²) in [7, 11) is 1.40. The van der Waals surface area contributed by atoms with Crippen LogP contribution in [0, 0.1) is 5.92 Å². The van der Waals surface area contributed by atoms with Crippen LogP contribution in [-0.4, -0.2) is 55.8 Å². The number of methoxy groups -OCH3 is 1. The smallest absolute Gasteiger partial charge is 0.343 e. The fraction of sp³-hybridized carbons (Fsp3) is 0.667. The van der Waals surface area contributed by atoms with E-state index in [0.29, 0.717) is 5.57 Å². The fourth-order valence-electron chi connectivity index (χ4n) is 2.47. The second-order valence-corrected chi connectivity index (χ2v) is 5.05. The first-order valence-electron chi connectivity index (χ1n) is 7.28. The summed E-state index contributed by atoms with van der Waals surface area (Å²) >= 11 is 0. The standard InChI is InChI=1S/C15H21NO7/c1-5-22-13(19)15(16-9(3)18,14(20)23-6-2)7-10-11(8-17)12(10)21-4/h10,12H,5-7H2,1-4H3,(H,16,18). The molecule has 1 fully saturated rings. The van der Waals surface area contributed by atoms with Gasteiger partial charge in [-0.15, -0.1) is 0 Å². The van der Waals surface area contributed by atoms with E-state index in [9.17, 15) is 19.2 Å². The molecule has 1 saturated carbocycles. The van der Waals surface area contributed by atoms with E-state index in [1.165, 1.54) is 14.0 Å². The molecule has 128 valence electrons. The van der Waals surface area contributed by atoms with Crippen LogP contribution >= 0.6 is 0 Å². The molecule has 1 N–H and O–H groups in total. The average molecular weight is 327 g/mol. The number of hydrogen-bond acceptors (Lipinski definition) is 7. The number of rotatable bonds is 8. The first-order valence-corrected chi connectivity index (χ1v) is 7.28. The van der Waals surface area contributed by atoms with Crippen molar-refractivity contribution in [2.75, 3.05) is 20.3 Å². The minimum Gasteiger partial charge on any atom is -0.464 e. The zero-order valence-corrected chi connectivity index (χ0v) is 13.6. The molecule has 2 unspecified atom stereocenters. The number of carbonyl (C=O) groups is 3. The SMILES string of the molecule is CCOC(=O)C(CC1C(=C=O)C1OC)(NC(C)=O)C(=O)OCC. The third-order valence-electron chi connectivity index (χ3n) is 3.50. The lowest BCUT2D eigenvalue weighted by Crippen LogP contribution is -2.61. The summed E-state index contributed by atoms with van der Waals surface area (Å²) in [6.45, 7) is 4.37. The van der Waals surface area contributed by atoms with Gasteiger partial charge in [-0.1, -0.05) is 0 Å². The van der Waals surface area contributed by atoms with Gasteiger partial charge in [0.2, 0.25) is 11.4 Å². The quantitative estimate of drug-likeness (QED) is 0.373. The third kappa shape index (κ3) is 3.97. The van der Waals surface area contributed by atoms with Crippen molar-refractivity contribution in [2.45, 2.75) is 38.8 Å². The van der Waals surface area contributed by atoms with Crippen molar-refractivity contribution in [1.82, 2.24) is 5.32 Å². The summed E-state index contributed by atoms with van der Waals surface area (Å²) in [5.41, 5.74) is -1.71. The Morgan fingerprint density at radius 2 is 1.70 bits per heavy atom. The predicted molar refractivity (Wildman–Crippen MR) is 77.9 cm³/mol. The molecule has 0 aromatic carbocycles. The van der Waals surface area contributed by atoms with E-state index in [0.717, 1.165) is 0 Å². The number of nitrogens with one attached hydrogen (secondary N) is 1. The molecule has 1 rings (SSSR count). The maximum atomic E-state index is 12.4. The van der Waals surface area contributed by atoms with Crippen molar-refractivity contribution < 1.29 is 33.4 Å². The van der Waals surface area contributed by atoms with Crippen LogP contribution in [0.25, 0.3) is 0 Å². The molecule has 8 heteroatoms. The van der Waals surface area contributed by atoms with Crippen molar-refractivity contribution >= 4 is 23.8 Å². The van der Waals surface area contributed by atoms with Crippen molar-refractivity contribution in [1.29, 1.82) is 0 Å². The van der Waals surface area contributed by atoms with Gasteiger partial charge in [0, 0.05) is 31.9 Å². The Morgan fingerprint density at radius 1 is 1.17 bits per heavy atom. The highest BCUT2D eigenvalue weighted by atomic mass is 16.6. The maximum Gasteiger partial charge on any atom is 0.343 e. The number of amides is 1. The van der Waals surface area contributed by atoms with Gasteiger partial charge in [0.05, 0.1) is 19.3 Å². The molecular weight excluding hydrogens is 306 g/mol. The molecule has 0 aliphatic heterocycles. The van der Waals surface area contributed by atoms with E-state index >= 15 is 0 Å². The number of hydrogen-bond donors (Lipinski definition) is 1. The molecule has 1 aliphatic rings. The van der Waals surface area contributed by atoms with Gasteiger partial charge < -0.3 is 19.5 Å². The zero-order valence-electron chi connectivity index (χ0n) is 13.6. The van der Waals surface area contributed by atoms with E-state index in [2.05, 4.69) is 5.32 Å². The largest absolute Gasteiger partial charge is 0.464 e. The van der Waals surface area contributed by atoms with Crippen LogP contribution in [0.2, 0.25) is 0 Å². The van der Waals surface area contributed by atoms with Gasteiger partial charge in [0.25, 0.3) is 0 Å². The van der Waals surface area contributed by atoms with Crippen LogP contribution < -0.4 is 5.32 Å². The van der Waals surface area contributed by atoms with Crippen LogP contribution in [-0.2, 0) is 33.4 Å². The lowest BCUT2D eigenvalue weighted by molar-refractivity contribution is -0.168. The van der Waals surface area contributed by atoms with E-state index in [-0.39, 0.29) is 19.6 Å². The minimum absolute atomic E-state index is 0.0221. The van der Waals surface area contributed by atoms with Crippen molar-refractivity contribution in [2.24, 2.45) is 5.92 Å². The number of esters is 2. The normalized spacial score (nSPS) is 19.6. The van der Waals surface area contributed by atoms with E-state index in [4.69, 9.17) is 14.2 Å². The van der Waals surface area contributed by atoms with Crippen molar-refractivity contribution in [3.8, 4) is 0 Å². The first-order chi connectivity index (χ1) is 10.9. The average Bonchev–Trinajstić information content (AvgIpc) is 3.17. The molecule has 0 saturated heterocycles. The summed E-state index contributed by atoms with van der Waals surface area (Å²) < 4.78 is 15.0. The third-order valence-corrected chi connectivity index (χ3v) is 3.50. The van der Waals surface area contributed by atoms with Crippen LogP contribution in [0.1, 0.15) is 27.2 Å². The highest BCUT2D eigenvalue weighted by Gasteiger charge is 2.58. The lowest BCUT2D eigenvalue weighted by atomic mass is 9.91. The molecule has 0 radical (unpaired) electrons. The van der Waals surface area contributed by atoms with Crippen LogP contribution in [0.3, 0.4) is 0 Å². The van der Waals surface area contributed by atoms with Gasteiger partial charge in [-0.25, -0.2) is 14.4 Å². The van der Waals surface area contributed by atoms with E-state index in [1.54, 1.807) is 19.8 Å². The topological polar surface area (TPSA) is 108 Å². The highest BCUT2D eigenvalue weighted by molar-refractivity contribution is 6.08. The van der Waals surface area contributed by atoms with Gasteiger partial charge in [-0.3, -0.25) is 4.79 Å². The molecule has 8 nitrogen and oxygen atoms in total. The summed E-state index contributed by atoms with van der Waals surface area (Å²) in [4.78, 5) is 47.2. The van der Waals surface area contributed by atoms with Gasteiger partial charge in [0.1, 0.15) is 5.94 Å². The molecule has 2 atom stereocenters. The van der Waals surface area contributed by atoms with E-state index < -0.39 is 35.4 Å². The van der Waals surface area contributed by atoms with Crippen LogP contribution in [0.4, 0.5) is 0 Å². The molecule has 1 aliphatic carbocycles. The summed E-state index contributed by atoms with van der Waals surface area (Å²) in [6, 6.07) is 0. The lowest BCUT2D eigenvalue weighted by Gasteiger charge is -2.29. The Morgan fingerprint density at radius 3 is 2.00 bits per heavy atom. The molecule has 1 amide bonds. The molecule has 0 aromatic heterocycles. The first kappa shape index (κ1) is 18.9. The van der Waals surface area contributed by atoms with Crippen molar-refractivity contribution in [3.63, 3.8) is 0 Å². The van der Waals surface area contributed by atoms with Crippen molar-refractivity contribution in [3.05, 3.63) is 5.57 Å². The Hall–Kier alpha value is -2.18.